The van der Waals surface area contributed by atoms with Gasteiger partial charge in [0.05, 0.1) is 4.90 Å². The Kier molecular flexibility index (Phi) is 5.17. The first-order valence-corrected chi connectivity index (χ1v) is 8.43. The van der Waals surface area contributed by atoms with Gasteiger partial charge in [-0.15, -0.1) is 0 Å². The quantitative estimate of drug-likeness (QED) is 0.859. The normalized spacial score (nSPS) is 12.7. The van der Waals surface area contributed by atoms with Crippen molar-refractivity contribution in [3.63, 3.8) is 0 Å². The average Bonchev–Trinajstić information content (AvgIpc) is 2.31. The number of nitrogens with one attached hydrogen (secondary N) is 1. The van der Waals surface area contributed by atoms with Gasteiger partial charge in [-0.05, 0) is 60.3 Å². The van der Waals surface area contributed by atoms with E-state index in [1.807, 2.05) is 33.8 Å². The first-order valence-electron chi connectivity index (χ1n) is 6.16. The van der Waals surface area contributed by atoms with Crippen molar-refractivity contribution >= 4 is 26.0 Å². The Hall–Kier alpha value is -0.430. The summed E-state index contributed by atoms with van der Waals surface area (Å²) >= 11 is 3.35. The fourth-order valence-electron chi connectivity index (χ4n) is 1.61. The summed E-state index contributed by atoms with van der Waals surface area (Å²) in [6.07, 6.45) is 0.708. The summed E-state index contributed by atoms with van der Waals surface area (Å²) in [5.41, 5.74) is 6.78. The second-order valence-corrected chi connectivity index (χ2v) is 7.72. The summed E-state index contributed by atoms with van der Waals surface area (Å²) in [4.78, 5) is 0.245. The zero-order chi connectivity index (χ0) is 14.8. The smallest absolute Gasteiger partial charge is 0.242 e. The zero-order valence-electron chi connectivity index (χ0n) is 11.7. The van der Waals surface area contributed by atoms with Gasteiger partial charge in [0.25, 0.3) is 0 Å². The van der Waals surface area contributed by atoms with Crippen molar-refractivity contribution < 1.29 is 8.42 Å². The molecule has 108 valence electrons. The van der Waals surface area contributed by atoms with Gasteiger partial charge < -0.3 is 5.73 Å². The molecule has 0 bridgehead atoms. The summed E-state index contributed by atoms with van der Waals surface area (Å²) in [6, 6.07) is 3.50. The summed E-state index contributed by atoms with van der Waals surface area (Å²) in [6.45, 7) is 7.83. The number of hydrogen-bond donors (Lipinski definition) is 2. The van der Waals surface area contributed by atoms with E-state index in [1.165, 1.54) is 0 Å². The van der Waals surface area contributed by atoms with Crippen LogP contribution in [0.25, 0.3) is 0 Å². The molecule has 0 amide bonds. The molecule has 0 saturated heterocycles. The van der Waals surface area contributed by atoms with E-state index >= 15 is 0 Å². The Morgan fingerprint density at radius 3 is 2.42 bits per heavy atom. The molecule has 0 aliphatic rings. The highest BCUT2D eigenvalue weighted by atomic mass is 79.9. The van der Waals surface area contributed by atoms with Gasteiger partial charge in [-0.25, -0.2) is 13.1 Å². The molecule has 0 atom stereocenters. The number of aryl methyl sites for hydroxylation is 1. The molecule has 3 N–H and O–H groups in total. The van der Waals surface area contributed by atoms with Crippen LogP contribution in [-0.4, -0.2) is 14.0 Å². The van der Waals surface area contributed by atoms with Crippen molar-refractivity contribution in [2.45, 2.75) is 51.1 Å². The van der Waals surface area contributed by atoms with Gasteiger partial charge in [-0.2, -0.15) is 0 Å². The highest BCUT2D eigenvalue weighted by molar-refractivity contribution is 9.10. The van der Waals surface area contributed by atoms with Crippen molar-refractivity contribution in [1.29, 1.82) is 0 Å². The Morgan fingerprint density at radius 2 is 1.95 bits per heavy atom. The first kappa shape index (κ1) is 16.6. The van der Waals surface area contributed by atoms with E-state index in [2.05, 4.69) is 20.7 Å². The molecule has 1 aromatic rings. The van der Waals surface area contributed by atoms with Gasteiger partial charge in [0, 0.05) is 16.6 Å². The van der Waals surface area contributed by atoms with Crippen LogP contribution in [0.5, 0.6) is 0 Å². The van der Waals surface area contributed by atoms with E-state index in [4.69, 9.17) is 5.73 Å². The third kappa shape index (κ3) is 4.02. The molecular formula is C13H21BrN2O2S. The molecule has 0 aromatic heterocycles. The summed E-state index contributed by atoms with van der Waals surface area (Å²) in [7, 11) is -3.57. The van der Waals surface area contributed by atoms with E-state index in [1.54, 1.807) is 6.07 Å². The third-order valence-corrected chi connectivity index (χ3v) is 6.14. The van der Waals surface area contributed by atoms with Crippen LogP contribution < -0.4 is 10.5 Å². The number of benzene rings is 1. The Bertz CT molecular complexity index is 568. The second-order valence-electron chi connectivity index (χ2n) is 5.27. The summed E-state index contributed by atoms with van der Waals surface area (Å²) in [5.74, 6) is 0. The molecule has 1 rings (SSSR count). The highest BCUT2D eigenvalue weighted by Crippen LogP contribution is 2.28. The van der Waals surface area contributed by atoms with Crippen LogP contribution in [0.15, 0.2) is 21.5 Å². The standard InChI is InChI=1S/C13H21BrN2O2S/c1-5-13(3,4)16-19(17,18)11-7-10(8-15)6-9(2)12(11)14/h6-7,16H,5,8,15H2,1-4H3. The predicted octanol–water partition coefficient (Wildman–Crippen LogP) is 2.68. The Labute approximate surface area is 124 Å². The highest BCUT2D eigenvalue weighted by Gasteiger charge is 2.27. The van der Waals surface area contributed by atoms with Crippen molar-refractivity contribution in [1.82, 2.24) is 4.72 Å². The van der Waals surface area contributed by atoms with Gasteiger partial charge in [0.2, 0.25) is 10.0 Å². The van der Waals surface area contributed by atoms with E-state index in [-0.39, 0.29) is 4.90 Å². The SMILES string of the molecule is CCC(C)(C)NS(=O)(=O)c1cc(CN)cc(C)c1Br. The molecule has 4 nitrogen and oxygen atoms in total. The molecule has 6 heteroatoms. The Morgan fingerprint density at radius 1 is 1.37 bits per heavy atom. The maximum absolute atomic E-state index is 12.5. The molecule has 0 aliphatic carbocycles. The van der Waals surface area contributed by atoms with Crippen LogP contribution in [0.1, 0.15) is 38.3 Å². The lowest BCUT2D eigenvalue weighted by atomic mass is 10.0. The molecule has 19 heavy (non-hydrogen) atoms. The van der Waals surface area contributed by atoms with Gasteiger partial charge in [0.1, 0.15) is 0 Å². The van der Waals surface area contributed by atoms with Crippen LogP contribution in [-0.2, 0) is 16.6 Å². The summed E-state index contributed by atoms with van der Waals surface area (Å²) in [5, 5.41) is 0. The fraction of sp³-hybridized carbons (Fsp3) is 0.538. The Balaban J connectivity index is 3.33. The van der Waals surface area contributed by atoms with Gasteiger partial charge in [0.15, 0.2) is 0 Å². The maximum atomic E-state index is 12.5. The van der Waals surface area contributed by atoms with Crippen molar-refractivity contribution in [3.8, 4) is 0 Å². The fourth-order valence-corrected chi connectivity index (χ4v) is 4.17. The van der Waals surface area contributed by atoms with E-state index < -0.39 is 15.6 Å². The van der Waals surface area contributed by atoms with Crippen molar-refractivity contribution in [2.24, 2.45) is 5.73 Å². The van der Waals surface area contributed by atoms with Crippen molar-refractivity contribution in [3.05, 3.63) is 27.7 Å². The number of halogens is 1. The third-order valence-electron chi connectivity index (χ3n) is 3.10. The van der Waals surface area contributed by atoms with Gasteiger partial charge in [-0.1, -0.05) is 13.0 Å². The minimum atomic E-state index is -3.57. The molecule has 0 spiro atoms. The lowest BCUT2D eigenvalue weighted by Gasteiger charge is -2.25. The lowest BCUT2D eigenvalue weighted by molar-refractivity contribution is 0.439. The molecule has 0 fully saturated rings. The number of rotatable bonds is 5. The number of nitrogens with two attached hydrogens (primary N) is 1. The topological polar surface area (TPSA) is 72.2 Å². The summed E-state index contributed by atoms with van der Waals surface area (Å²) < 4.78 is 28.2. The lowest BCUT2D eigenvalue weighted by Crippen LogP contribution is -2.42. The van der Waals surface area contributed by atoms with Crippen LogP contribution in [0.2, 0.25) is 0 Å². The van der Waals surface area contributed by atoms with Gasteiger partial charge >= 0.3 is 0 Å². The number of sulfonamides is 1. The molecule has 0 saturated carbocycles. The maximum Gasteiger partial charge on any atom is 0.242 e. The molecule has 0 heterocycles. The van der Waals surface area contributed by atoms with Crippen LogP contribution >= 0.6 is 15.9 Å². The van der Waals surface area contributed by atoms with Crippen LogP contribution in [0.4, 0.5) is 0 Å². The zero-order valence-corrected chi connectivity index (χ0v) is 14.2. The largest absolute Gasteiger partial charge is 0.326 e. The van der Waals surface area contributed by atoms with Crippen LogP contribution in [0.3, 0.4) is 0 Å². The van der Waals surface area contributed by atoms with Gasteiger partial charge in [-0.3, -0.25) is 0 Å². The minimum Gasteiger partial charge on any atom is -0.326 e. The molecule has 0 radical (unpaired) electrons. The molecule has 1 aromatic carbocycles. The van der Waals surface area contributed by atoms with E-state index in [0.717, 1.165) is 11.1 Å². The first-order chi connectivity index (χ1) is 8.63. The minimum absolute atomic E-state index is 0.245. The monoisotopic (exact) mass is 348 g/mol. The molecule has 0 unspecified atom stereocenters. The van der Waals surface area contributed by atoms with E-state index in [0.29, 0.717) is 17.4 Å². The van der Waals surface area contributed by atoms with Crippen molar-refractivity contribution in [2.75, 3.05) is 0 Å². The second kappa shape index (κ2) is 5.91. The average molecular weight is 349 g/mol. The van der Waals surface area contributed by atoms with Crippen LogP contribution in [0, 0.1) is 6.92 Å². The number of hydrogen-bond acceptors (Lipinski definition) is 3. The predicted molar refractivity (Wildman–Crippen MR) is 81.5 cm³/mol. The molecule has 0 aliphatic heterocycles. The van der Waals surface area contributed by atoms with E-state index in [9.17, 15) is 8.42 Å². The molecular weight excluding hydrogens is 328 g/mol.